The van der Waals surface area contributed by atoms with Crippen LogP contribution in [0.15, 0.2) is 0 Å². The second-order valence-electron chi connectivity index (χ2n) is 5.82. The number of carbonyl (C=O) groups excluding carboxylic acids is 2. The predicted molar refractivity (Wildman–Crippen MR) is 82.1 cm³/mol. The van der Waals surface area contributed by atoms with Crippen molar-refractivity contribution < 1.29 is 18.0 Å². The minimum atomic E-state index is -3.07. The highest BCUT2D eigenvalue weighted by atomic mass is 32.2. The summed E-state index contributed by atoms with van der Waals surface area (Å²) < 4.78 is 22.9. The average Bonchev–Trinajstić information content (AvgIpc) is 2.87. The smallest absolute Gasteiger partial charge is 0.311 e. The molecule has 1 atom stereocenters. The first-order valence-corrected chi connectivity index (χ1v) is 9.40. The van der Waals surface area contributed by atoms with Crippen LogP contribution in [0.2, 0.25) is 0 Å². The molecule has 2 rings (SSSR count). The lowest BCUT2D eigenvalue weighted by molar-refractivity contribution is -0.146. The largest absolute Gasteiger partial charge is 0.347 e. The van der Waals surface area contributed by atoms with E-state index in [0.717, 1.165) is 26.2 Å². The minimum absolute atomic E-state index is 0.0523. The Morgan fingerprint density at radius 1 is 1.32 bits per heavy atom. The second kappa shape index (κ2) is 7.38. The van der Waals surface area contributed by atoms with Gasteiger partial charge in [-0.05, 0) is 6.42 Å². The summed E-state index contributed by atoms with van der Waals surface area (Å²) in [6, 6.07) is -0.392. The van der Waals surface area contributed by atoms with E-state index in [1.54, 1.807) is 0 Å². The van der Waals surface area contributed by atoms with Crippen LogP contribution in [0.4, 0.5) is 0 Å². The topological polar surface area (TPSA) is 98.8 Å². The zero-order valence-electron chi connectivity index (χ0n) is 12.9. The van der Waals surface area contributed by atoms with Gasteiger partial charge in [0.2, 0.25) is 0 Å². The van der Waals surface area contributed by atoms with E-state index in [9.17, 15) is 18.0 Å². The van der Waals surface area contributed by atoms with Crippen LogP contribution < -0.4 is 10.6 Å². The summed E-state index contributed by atoms with van der Waals surface area (Å²) in [7, 11) is -1.58. The number of sulfone groups is 1. The van der Waals surface area contributed by atoms with Gasteiger partial charge >= 0.3 is 11.8 Å². The van der Waals surface area contributed by atoms with E-state index in [4.69, 9.17) is 0 Å². The molecule has 1 unspecified atom stereocenters. The molecular weight excluding hydrogens is 308 g/mol. The third-order valence-corrected chi connectivity index (χ3v) is 5.94. The Kier molecular flexibility index (Phi) is 5.76. The number of hydrogen-bond acceptors (Lipinski definition) is 6. The number of nitrogens with zero attached hydrogens (tertiary/aromatic N) is 2. The summed E-state index contributed by atoms with van der Waals surface area (Å²) in [5, 5.41) is 5.86. The van der Waals surface area contributed by atoms with Crippen molar-refractivity contribution in [3.8, 4) is 0 Å². The quantitative estimate of drug-likeness (QED) is 0.560. The summed E-state index contributed by atoms with van der Waals surface area (Å²) >= 11 is 0. The fraction of sp³-hybridized carbons (Fsp3) is 0.846. The number of rotatable bonds is 4. The molecule has 2 fully saturated rings. The Morgan fingerprint density at radius 3 is 2.59 bits per heavy atom. The van der Waals surface area contributed by atoms with Crippen LogP contribution in [0.25, 0.3) is 0 Å². The highest BCUT2D eigenvalue weighted by Crippen LogP contribution is 2.16. The first-order chi connectivity index (χ1) is 10.4. The Hall–Kier alpha value is -1.19. The number of hydrogen-bond donors (Lipinski definition) is 2. The molecule has 0 radical (unpaired) electrons. The monoisotopic (exact) mass is 332 g/mol. The minimum Gasteiger partial charge on any atom is -0.347 e. The van der Waals surface area contributed by atoms with Gasteiger partial charge in [0.15, 0.2) is 9.84 Å². The van der Waals surface area contributed by atoms with Crippen LogP contribution in [0.3, 0.4) is 0 Å². The summed E-state index contributed by atoms with van der Waals surface area (Å²) in [6.45, 7) is 4.87. The van der Waals surface area contributed by atoms with E-state index < -0.39 is 27.7 Å². The molecule has 2 aliphatic rings. The molecule has 0 bridgehead atoms. The van der Waals surface area contributed by atoms with Gasteiger partial charge < -0.3 is 15.5 Å². The Labute approximate surface area is 131 Å². The molecule has 2 amide bonds. The summed E-state index contributed by atoms with van der Waals surface area (Å²) in [5.41, 5.74) is 0. The lowest BCUT2D eigenvalue weighted by atomic mass is 10.2. The summed E-state index contributed by atoms with van der Waals surface area (Å²) in [4.78, 5) is 27.4. The maximum absolute atomic E-state index is 12.0. The molecule has 2 heterocycles. The van der Waals surface area contributed by atoms with Crippen LogP contribution in [-0.2, 0) is 19.4 Å². The van der Waals surface area contributed by atoms with Crippen LogP contribution in [0.1, 0.15) is 6.42 Å². The molecule has 9 heteroatoms. The maximum atomic E-state index is 12.0. The van der Waals surface area contributed by atoms with Crippen molar-refractivity contribution >= 4 is 21.7 Å². The van der Waals surface area contributed by atoms with Gasteiger partial charge in [-0.15, -0.1) is 0 Å². The fourth-order valence-electron chi connectivity index (χ4n) is 2.74. The molecule has 22 heavy (non-hydrogen) atoms. The first kappa shape index (κ1) is 17.2. The summed E-state index contributed by atoms with van der Waals surface area (Å²) in [5.74, 6) is -1.30. The summed E-state index contributed by atoms with van der Waals surface area (Å²) in [6.07, 6.45) is 0.401. The number of likely N-dealkylation sites (N-methyl/N-ethyl adjacent to an activating group) is 1. The molecule has 0 aromatic heterocycles. The van der Waals surface area contributed by atoms with E-state index in [2.05, 4.69) is 15.5 Å². The molecule has 126 valence electrons. The van der Waals surface area contributed by atoms with E-state index in [-0.39, 0.29) is 11.5 Å². The Morgan fingerprint density at radius 2 is 2.00 bits per heavy atom. The van der Waals surface area contributed by atoms with Crippen molar-refractivity contribution in [1.29, 1.82) is 0 Å². The Bertz CT molecular complexity index is 516. The molecule has 2 saturated heterocycles. The number of piperazine rings is 1. The fourth-order valence-corrected chi connectivity index (χ4v) is 4.52. The van der Waals surface area contributed by atoms with Gasteiger partial charge in [-0.25, -0.2) is 8.42 Å². The molecular formula is C13H24N4O4S. The SMILES string of the molecule is CN(C(=O)C(=O)NCCN1CCNCC1)C1CCS(=O)(=O)C1. The van der Waals surface area contributed by atoms with Gasteiger partial charge in [0.1, 0.15) is 0 Å². The van der Waals surface area contributed by atoms with Gasteiger partial charge in [0, 0.05) is 52.4 Å². The maximum Gasteiger partial charge on any atom is 0.311 e. The van der Waals surface area contributed by atoms with Gasteiger partial charge in [0.25, 0.3) is 0 Å². The van der Waals surface area contributed by atoms with Crippen molar-refractivity contribution in [1.82, 2.24) is 20.4 Å². The van der Waals surface area contributed by atoms with E-state index in [1.165, 1.54) is 11.9 Å². The third-order valence-electron chi connectivity index (χ3n) is 4.19. The van der Waals surface area contributed by atoms with Gasteiger partial charge in [0.05, 0.1) is 11.5 Å². The number of nitrogens with one attached hydrogen (secondary N) is 2. The van der Waals surface area contributed by atoms with Crippen molar-refractivity contribution in [2.24, 2.45) is 0 Å². The molecule has 8 nitrogen and oxygen atoms in total. The van der Waals surface area contributed by atoms with Crippen molar-refractivity contribution in [2.75, 3.05) is 57.8 Å². The first-order valence-electron chi connectivity index (χ1n) is 7.57. The van der Waals surface area contributed by atoms with Crippen LogP contribution in [0.5, 0.6) is 0 Å². The van der Waals surface area contributed by atoms with Gasteiger partial charge in [-0.1, -0.05) is 0 Å². The predicted octanol–water partition coefficient (Wildman–Crippen LogP) is -2.35. The molecule has 0 aromatic rings. The zero-order chi connectivity index (χ0) is 16.2. The molecule has 0 saturated carbocycles. The van der Waals surface area contributed by atoms with Crippen LogP contribution in [-0.4, -0.2) is 93.9 Å². The van der Waals surface area contributed by atoms with Crippen LogP contribution in [0, 0.1) is 0 Å². The Balaban J connectivity index is 1.73. The lowest BCUT2D eigenvalue weighted by Crippen LogP contribution is -2.49. The highest BCUT2D eigenvalue weighted by Gasteiger charge is 2.34. The standard InChI is InChI=1S/C13H24N4O4S/c1-16(11-2-9-22(20,21)10-11)13(19)12(18)15-5-8-17-6-3-14-4-7-17/h11,14H,2-10H2,1H3,(H,15,18). The van der Waals surface area contributed by atoms with Crippen LogP contribution >= 0.6 is 0 Å². The number of amides is 2. The van der Waals surface area contributed by atoms with Gasteiger partial charge in [-0.2, -0.15) is 0 Å². The molecule has 0 spiro atoms. The van der Waals surface area contributed by atoms with Gasteiger partial charge in [-0.3, -0.25) is 14.5 Å². The average molecular weight is 332 g/mol. The lowest BCUT2D eigenvalue weighted by Gasteiger charge is -2.27. The zero-order valence-corrected chi connectivity index (χ0v) is 13.7. The van der Waals surface area contributed by atoms with Crippen molar-refractivity contribution in [3.63, 3.8) is 0 Å². The number of carbonyl (C=O) groups is 2. The third kappa shape index (κ3) is 4.65. The van der Waals surface area contributed by atoms with Crippen molar-refractivity contribution in [2.45, 2.75) is 12.5 Å². The molecule has 2 N–H and O–H groups in total. The molecule has 0 aromatic carbocycles. The molecule has 2 aliphatic heterocycles. The van der Waals surface area contributed by atoms with Crippen molar-refractivity contribution in [3.05, 3.63) is 0 Å². The van der Waals surface area contributed by atoms with E-state index >= 15 is 0 Å². The highest BCUT2D eigenvalue weighted by molar-refractivity contribution is 7.91. The normalized spacial score (nSPS) is 24.9. The second-order valence-corrected chi connectivity index (χ2v) is 8.05. The van der Waals surface area contributed by atoms with E-state index in [0.29, 0.717) is 19.5 Å². The molecule has 0 aliphatic carbocycles. The van der Waals surface area contributed by atoms with E-state index in [1.807, 2.05) is 0 Å².